The first-order valence-electron chi connectivity index (χ1n) is 5.24. The molecule has 1 heterocycles. The van der Waals surface area contributed by atoms with Crippen LogP contribution in [0.4, 0.5) is 0 Å². The van der Waals surface area contributed by atoms with Crippen molar-refractivity contribution in [3.05, 3.63) is 0 Å². The summed E-state index contributed by atoms with van der Waals surface area (Å²) in [7, 11) is 0. The van der Waals surface area contributed by atoms with Gasteiger partial charge in [0.2, 0.25) is 0 Å². The fraction of sp³-hybridized carbons (Fsp3) is 0.900. The maximum atomic E-state index is 10.7. The second kappa shape index (κ2) is 3.66. The zero-order chi connectivity index (χ0) is 9.26. The van der Waals surface area contributed by atoms with Gasteiger partial charge in [-0.3, -0.25) is 9.69 Å². The number of likely N-dealkylation sites (tertiary alicyclic amines) is 1. The first kappa shape index (κ1) is 9.00. The summed E-state index contributed by atoms with van der Waals surface area (Å²) in [5, 5.41) is 8.84. The highest BCUT2D eigenvalue weighted by atomic mass is 16.4. The molecule has 0 aromatic heterocycles. The predicted octanol–water partition coefficient (Wildman–Crippen LogP) is 1.34. The number of hydrogen-bond acceptors (Lipinski definition) is 2. The second-order valence-corrected chi connectivity index (χ2v) is 4.29. The number of carboxylic acid groups (broad SMARTS) is 1. The fourth-order valence-corrected chi connectivity index (χ4v) is 2.46. The topological polar surface area (TPSA) is 40.5 Å². The molecule has 1 saturated heterocycles. The summed E-state index contributed by atoms with van der Waals surface area (Å²) in [6.07, 6.45) is 6.15. The van der Waals surface area contributed by atoms with Crippen molar-refractivity contribution in [2.45, 2.75) is 38.1 Å². The highest BCUT2D eigenvalue weighted by Gasteiger charge is 2.35. The van der Waals surface area contributed by atoms with Crippen LogP contribution in [-0.4, -0.2) is 35.1 Å². The van der Waals surface area contributed by atoms with E-state index in [0.29, 0.717) is 0 Å². The van der Waals surface area contributed by atoms with Crippen LogP contribution in [0, 0.1) is 5.92 Å². The summed E-state index contributed by atoms with van der Waals surface area (Å²) in [5.74, 6) is 0.145. The van der Waals surface area contributed by atoms with E-state index in [-0.39, 0.29) is 6.04 Å². The third-order valence-corrected chi connectivity index (χ3v) is 3.38. The summed E-state index contributed by atoms with van der Waals surface area (Å²) in [6, 6.07) is -0.166. The number of hydrogen-bond donors (Lipinski definition) is 1. The minimum atomic E-state index is -0.635. The molecule has 1 unspecified atom stereocenters. The molecular weight excluding hydrogens is 166 g/mol. The van der Waals surface area contributed by atoms with Crippen LogP contribution < -0.4 is 0 Å². The molecule has 0 spiro atoms. The average molecular weight is 183 g/mol. The van der Waals surface area contributed by atoms with Gasteiger partial charge in [0.05, 0.1) is 0 Å². The Morgan fingerprint density at radius 1 is 1.31 bits per heavy atom. The van der Waals surface area contributed by atoms with E-state index < -0.39 is 5.97 Å². The van der Waals surface area contributed by atoms with Crippen LogP contribution in [0.3, 0.4) is 0 Å². The Labute approximate surface area is 78.7 Å². The molecular formula is C10H17NO2. The Balaban J connectivity index is 1.78. The monoisotopic (exact) mass is 183 g/mol. The summed E-state index contributed by atoms with van der Waals surface area (Å²) < 4.78 is 0. The smallest absolute Gasteiger partial charge is 0.320 e. The number of rotatable bonds is 3. The van der Waals surface area contributed by atoms with Gasteiger partial charge in [-0.2, -0.15) is 0 Å². The Kier molecular flexibility index (Phi) is 2.54. The van der Waals surface area contributed by atoms with Gasteiger partial charge in [-0.15, -0.1) is 0 Å². The number of carboxylic acids is 1. The number of carbonyl (C=O) groups is 1. The van der Waals surface area contributed by atoms with Crippen LogP contribution in [0.1, 0.15) is 32.1 Å². The highest BCUT2D eigenvalue weighted by Crippen LogP contribution is 2.28. The first-order chi connectivity index (χ1) is 6.27. The van der Waals surface area contributed by atoms with Crippen molar-refractivity contribution in [1.82, 2.24) is 4.90 Å². The molecule has 1 atom stereocenters. The van der Waals surface area contributed by atoms with Crippen molar-refractivity contribution in [2.24, 2.45) is 5.92 Å². The second-order valence-electron chi connectivity index (χ2n) is 4.29. The van der Waals surface area contributed by atoms with Crippen LogP contribution in [0.5, 0.6) is 0 Å². The third-order valence-electron chi connectivity index (χ3n) is 3.38. The molecule has 0 aromatic carbocycles. The summed E-state index contributed by atoms with van der Waals surface area (Å²) >= 11 is 0. The fourth-order valence-electron chi connectivity index (χ4n) is 2.46. The number of nitrogens with zero attached hydrogens (tertiary/aromatic N) is 1. The Morgan fingerprint density at radius 2 is 2.00 bits per heavy atom. The maximum Gasteiger partial charge on any atom is 0.320 e. The van der Waals surface area contributed by atoms with Crippen LogP contribution in [0.2, 0.25) is 0 Å². The molecule has 0 aromatic rings. The minimum Gasteiger partial charge on any atom is -0.480 e. The standard InChI is InChI=1S/C10H17NO2/c12-10(13)9-5-6-11(9)7-8-3-1-2-4-8/h8-9H,1-7H2,(H,12,13). The van der Waals surface area contributed by atoms with Gasteiger partial charge in [-0.05, 0) is 25.2 Å². The lowest BCUT2D eigenvalue weighted by Crippen LogP contribution is -2.53. The van der Waals surface area contributed by atoms with E-state index in [1.807, 2.05) is 0 Å². The van der Waals surface area contributed by atoms with E-state index in [9.17, 15) is 4.79 Å². The van der Waals surface area contributed by atoms with Crippen LogP contribution in [-0.2, 0) is 4.79 Å². The summed E-state index contributed by atoms with van der Waals surface area (Å²) in [4.78, 5) is 12.8. The van der Waals surface area contributed by atoms with Crippen molar-refractivity contribution < 1.29 is 9.90 Å². The van der Waals surface area contributed by atoms with E-state index in [1.54, 1.807) is 0 Å². The van der Waals surface area contributed by atoms with Crippen molar-refractivity contribution in [1.29, 1.82) is 0 Å². The Bertz CT molecular complexity index is 199. The largest absolute Gasteiger partial charge is 0.480 e. The molecule has 3 heteroatoms. The third kappa shape index (κ3) is 1.85. The lowest BCUT2D eigenvalue weighted by atomic mass is 9.99. The van der Waals surface area contributed by atoms with Crippen LogP contribution in [0.15, 0.2) is 0 Å². The van der Waals surface area contributed by atoms with Gasteiger partial charge >= 0.3 is 5.97 Å². The first-order valence-corrected chi connectivity index (χ1v) is 5.24. The summed E-state index contributed by atoms with van der Waals surface area (Å²) in [6.45, 7) is 2.02. The molecule has 3 nitrogen and oxygen atoms in total. The van der Waals surface area contributed by atoms with Gasteiger partial charge in [0.15, 0.2) is 0 Å². The van der Waals surface area contributed by atoms with Gasteiger partial charge in [0.1, 0.15) is 6.04 Å². The van der Waals surface area contributed by atoms with E-state index in [4.69, 9.17) is 5.11 Å². The lowest BCUT2D eigenvalue weighted by molar-refractivity contribution is -0.148. The molecule has 1 aliphatic heterocycles. The highest BCUT2D eigenvalue weighted by molar-refractivity contribution is 5.74. The van der Waals surface area contributed by atoms with Crippen molar-refractivity contribution in [2.75, 3.05) is 13.1 Å². The summed E-state index contributed by atoms with van der Waals surface area (Å²) in [5.41, 5.74) is 0. The van der Waals surface area contributed by atoms with E-state index in [0.717, 1.165) is 25.4 Å². The van der Waals surface area contributed by atoms with E-state index >= 15 is 0 Å². The Hall–Kier alpha value is -0.570. The molecule has 2 fully saturated rings. The predicted molar refractivity (Wildman–Crippen MR) is 49.6 cm³/mol. The van der Waals surface area contributed by atoms with Gasteiger partial charge < -0.3 is 5.11 Å². The average Bonchev–Trinajstić information content (AvgIpc) is 2.48. The quantitative estimate of drug-likeness (QED) is 0.717. The lowest BCUT2D eigenvalue weighted by Gasteiger charge is -2.39. The van der Waals surface area contributed by atoms with Gasteiger partial charge in [-0.25, -0.2) is 0 Å². The minimum absolute atomic E-state index is 0.166. The SMILES string of the molecule is O=C(O)C1CCN1CC1CCCC1. The van der Waals surface area contributed by atoms with Gasteiger partial charge in [0, 0.05) is 13.1 Å². The maximum absolute atomic E-state index is 10.7. The molecule has 1 saturated carbocycles. The zero-order valence-corrected chi connectivity index (χ0v) is 7.91. The van der Waals surface area contributed by atoms with E-state index in [2.05, 4.69) is 4.90 Å². The van der Waals surface area contributed by atoms with Gasteiger partial charge in [0.25, 0.3) is 0 Å². The molecule has 0 bridgehead atoms. The molecule has 1 aliphatic carbocycles. The van der Waals surface area contributed by atoms with Gasteiger partial charge in [-0.1, -0.05) is 12.8 Å². The molecule has 0 amide bonds. The molecule has 2 rings (SSSR count). The number of aliphatic carboxylic acids is 1. The van der Waals surface area contributed by atoms with Crippen molar-refractivity contribution >= 4 is 5.97 Å². The molecule has 0 radical (unpaired) electrons. The molecule has 1 N–H and O–H groups in total. The zero-order valence-electron chi connectivity index (χ0n) is 7.91. The van der Waals surface area contributed by atoms with Crippen molar-refractivity contribution in [3.8, 4) is 0 Å². The van der Waals surface area contributed by atoms with Crippen LogP contribution in [0.25, 0.3) is 0 Å². The molecule has 2 aliphatic rings. The Morgan fingerprint density at radius 3 is 2.46 bits per heavy atom. The van der Waals surface area contributed by atoms with E-state index in [1.165, 1.54) is 25.7 Å². The molecule has 13 heavy (non-hydrogen) atoms. The van der Waals surface area contributed by atoms with Crippen LogP contribution >= 0.6 is 0 Å². The molecule has 74 valence electrons. The van der Waals surface area contributed by atoms with Crippen molar-refractivity contribution in [3.63, 3.8) is 0 Å². The normalized spacial score (nSPS) is 30.3.